The molecule has 0 aromatic rings. The fourth-order valence-electron chi connectivity index (χ4n) is 2.69. The lowest BCUT2D eigenvalue weighted by molar-refractivity contribution is -0.131. The van der Waals surface area contributed by atoms with Crippen LogP contribution in [0.2, 0.25) is 0 Å². The highest BCUT2D eigenvalue weighted by Crippen LogP contribution is 2.44. The van der Waals surface area contributed by atoms with E-state index in [9.17, 15) is 10.2 Å². The van der Waals surface area contributed by atoms with Crippen molar-refractivity contribution in [2.75, 3.05) is 26.7 Å². The molecular formula is C13H27NO2. The first-order valence-electron chi connectivity index (χ1n) is 6.37. The Labute approximate surface area is 99.5 Å². The summed E-state index contributed by atoms with van der Waals surface area (Å²) in [4.78, 5) is 2.26. The van der Waals surface area contributed by atoms with Gasteiger partial charge in [-0.1, -0.05) is 20.8 Å². The molecule has 96 valence electrons. The third-order valence-electron chi connectivity index (χ3n) is 4.70. The molecule has 1 aliphatic rings. The number of nitrogens with zero attached hydrogens (tertiary/aromatic N) is 1. The molecule has 2 unspecified atom stereocenters. The molecule has 1 saturated heterocycles. The zero-order chi connectivity index (χ0) is 12.4. The van der Waals surface area contributed by atoms with Gasteiger partial charge in [-0.25, -0.2) is 0 Å². The predicted octanol–water partition coefficient (Wildman–Crippen LogP) is 1.49. The minimum atomic E-state index is -0.722. The Hall–Kier alpha value is -0.120. The number of aliphatic hydroxyl groups is 2. The van der Waals surface area contributed by atoms with Crippen LogP contribution in [0.5, 0.6) is 0 Å². The van der Waals surface area contributed by atoms with Gasteiger partial charge in [-0.15, -0.1) is 0 Å². The van der Waals surface area contributed by atoms with Gasteiger partial charge in [0.2, 0.25) is 0 Å². The van der Waals surface area contributed by atoms with E-state index in [-0.39, 0.29) is 12.5 Å². The van der Waals surface area contributed by atoms with Crippen LogP contribution >= 0.6 is 0 Å². The summed E-state index contributed by atoms with van der Waals surface area (Å²) in [6.45, 7) is 8.21. The summed E-state index contributed by atoms with van der Waals surface area (Å²) in [5.74, 6) is 0.283. The number of hydrogen-bond acceptors (Lipinski definition) is 3. The zero-order valence-corrected chi connectivity index (χ0v) is 11.2. The van der Waals surface area contributed by atoms with Gasteiger partial charge < -0.3 is 15.1 Å². The van der Waals surface area contributed by atoms with Gasteiger partial charge in [0.1, 0.15) is 0 Å². The average Bonchev–Trinajstić information content (AvgIpc) is 2.40. The Morgan fingerprint density at radius 2 is 1.94 bits per heavy atom. The van der Waals surface area contributed by atoms with Gasteiger partial charge in [0.05, 0.1) is 12.2 Å². The first-order valence-corrected chi connectivity index (χ1v) is 6.37. The minimum absolute atomic E-state index is 0.0604. The van der Waals surface area contributed by atoms with Crippen LogP contribution in [0.4, 0.5) is 0 Å². The molecule has 0 amide bonds. The molecule has 1 aliphatic heterocycles. The standard InChI is InChI=1S/C13H27NO2/c1-11(2)12(3,10-15)13(16)6-5-8-14(4)9-7-13/h11,15-16H,5-10H2,1-4H3. The normalized spacial score (nSPS) is 32.4. The SMILES string of the molecule is CC(C)C(C)(CO)C1(O)CCCN(C)CC1. The van der Waals surface area contributed by atoms with Gasteiger partial charge in [0.15, 0.2) is 0 Å². The quantitative estimate of drug-likeness (QED) is 0.770. The molecule has 3 nitrogen and oxygen atoms in total. The zero-order valence-electron chi connectivity index (χ0n) is 11.2. The van der Waals surface area contributed by atoms with Crippen LogP contribution in [0.3, 0.4) is 0 Å². The first-order chi connectivity index (χ1) is 7.35. The molecule has 0 aromatic heterocycles. The summed E-state index contributed by atoms with van der Waals surface area (Å²) < 4.78 is 0. The van der Waals surface area contributed by atoms with Crippen molar-refractivity contribution >= 4 is 0 Å². The number of aliphatic hydroxyl groups excluding tert-OH is 1. The summed E-state index contributed by atoms with van der Waals surface area (Å²) in [7, 11) is 2.09. The Balaban J connectivity index is 2.89. The third kappa shape index (κ3) is 2.41. The van der Waals surface area contributed by atoms with Crippen LogP contribution < -0.4 is 0 Å². The van der Waals surface area contributed by atoms with Crippen LogP contribution in [0.25, 0.3) is 0 Å². The molecule has 3 heteroatoms. The van der Waals surface area contributed by atoms with Crippen LogP contribution in [0.15, 0.2) is 0 Å². The van der Waals surface area contributed by atoms with E-state index in [1.54, 1.807) is 0 Å². The summed E-state index contributed by atoms with van der Waals surface area (Å²) in [5.41, 5.74) is -1.11. The van der Waals surface area contributed by atoms with Gasteiger partial charge in [0, 0.05) is 12.0 Å². The highest BCUT2D eigenvalue weighted by Gasteiger charge is 2.48. The molecular weight excluding hydrogens is 202 g/mol. The average molecular weight is 229 g/mol. The topological polar surface area (TPSA) is 43.7 Å². The second kappa shape index (κ2) is 5.03. The fraction of sp³-hybridized carbons (Fsp3) is 1.00. The first kappa shape index (κ1) is 13.9. The Morgan fingerprint density at radius 3 is 2.44 bits per heavy atom. The molecule has 0 aliphatic carbocycles. The van der Waals surface area contributed by atoms with Gasteiger partial charge in [-0.3, -0.25) is 0 Å². The minimum Gasteiger partial charge on any atom is -0.396 e. The van der Waals surface area contributed by atoms with E-state index in [1.165, 1.54) is 0 Å². The second-order valence-corrected chi connectivity index (χ2v) is 5.92. The lowest BCUT2D eigenvalue weighted by Gasteiger charge is -2.46. The summed E-state index contributed by atoms with van der Waals surface area (Å²) in [5, 5.41) is 20.5. The number of likely N-dealkylation sites (tertiary alicyclic amines) is 1. The number of hydrogen-bond donors (Lipinski definition) is 2. The molecule has 0 saturated carbocycles. The van der Waals surface area contributed by atoms with E-state index in [1.807, 2.05) is 6.92 Å². The monoisotopic (exact) mass is 229 g/mol. The molecule has 0 spiro atoms. The molecule has 0 aromatic carbocycles. The van der Waals surface area contributed by atoms with Gasteiger partial charge in [-0.2, -0.15) is 0 Å². The van der Waals surface area contributed by atoms with Crippen LogP contribution in [0.1, 0.15) is 40.0 Å². The largest absolute Gasteiger partial charge is 0.396 e. The molecule has 0 radical (unpaired) electrons. The van der Waals surface area contributed by atoms with E-state index in [4.69, 9.17) is 0 Å². The van der Waals surface area contributed by atoms with E-state index in [0.29, 0.717) is 0 Å². The van der Waals surface area contributed by atoms with Crippen LogP contribution in [-0.4, -0.2) is 47.5 Å². The van der Waals surface area contributed by atoms with E-state index >= 15 is 0 Å². The van der Waals surface area contributed by atoms with Crippen molar-refractivity contribution < 1.29 is 10.2 Å². The van der Waals surface area contributed by atoms with Crippen molar-refractivity contribution in [3.05, 3.63) is 0 Å². The van der Waals surface area contributed by atoms with Crippen molar-refractivity contribution in [3.63, 3.8) is 0 Å². The van der Waals surface area contributed by atoms with Crippen molar-refractivity contribution in [2.24, 2.45) is 11.3 Å². The van der Waals surface area contributed by atoms with Crippen LogP contribution in [0, 0.1) is 11.3 Å². The van der Waals surface area contributed by atoms with Crippen LogP contribution in [-0.2, 0) is 0 Å². The summed E-state index contributed by atoms with van der Waals surface area (Å²) >= 11 is 0. The second-order valence-electron chi connectivity index (χ2n) is 5.92. The smallest absolute Gasteiger partial charge is 0.0738 e. The van der Waals surface area contributed by atoms with Crippen molar-refractivity contribution in [3.8, 4) is 0 Å². The predicted molar refractivity (Wildman–Crippen MR) is 66.3 cm³/mol. The fourth-order valence-corrected chi connectivity index (χ4v) is 2.69. The Bertz CT molecular complexity index is 232. The van der Waals surface area contributed by atoms with E-state index in [2.05, 4.69) is 25.8 Å². The van der Waals surface area contributed by atoms with Gasteiger partial charge in [0.25, 0.3) is 0 Å². The molecule has 16 heavy (non-hydrogen) atoms. The van der Waals surface area contributed by atoms with Gasteiger partial charge in [-0.05, 0) is 38.8 Å². The highest BCUT2D eigenvalue weighted by atomic mass is 16.3. The highest BCUT2D eigenvalue weighted by molar-refractivity contribution is 4.99. The molecule has 0 bridgehead atoms. The van der Waals surface area contributed by atoms with E-state index in [0.717, 1.165) is 32.4 Å². The van der Waals surface area contributed by atoms with Crippen molar-refractivity contribution in [1.82, 2.24) is 4.90 Å². The summed E-state index contributed by atoms with van der Waals surface area (Å²) in [6, 6.07) is 0. The lowest BCUT2D eigenvalue weighted by atomic mass is 9.64. The Kier molecular flexibility index (Phi) is 4.38. The lowest BCUT2D eigenvalue weighted by Crippen LogP contribution is -2.52. The third-order valence-corrected chi connectivity index (χ3v) is 4.70. The molecule has 2 N–H and O–H groups in total. The van der Waals surface area contributed by atoms with Crippen molar-refractivity contribution in [1.29, 1.82) is 0 Å². The van der Waals surface area contributed by atoms with Gasteiger partial charge >= 0.3 is 0 Å². The summed E-state index contributed by atoms with van der Waals surface area (Å²) in [6.07, 6.45) is 2.57. The maximum atomic E-state index is 10.9. The maximum Gasteiger partial charge on any atom is 0.0738 e. The molecule has 2 atom stereocenters. The molecule has 1 heterocycles. The molecule has 1 fully saturated rings. The van der Waals surface area contributed by atoms with Crippen molar-refractivity contribution in [2.45, 2.75) is 45.6 Å². The number of rotatable bonds is 3. The van der Waals surface area contributed by atoms with E-state index < -0.39 is 11.0 Å². The molecule has 1 rings (SSSR count). The maximum absolute atomic E-state index is 10.9. The Morgan fingerprint density at radius 1 is 1.31 bits per heavy atom.